The molecule has 0 aliphatic heterocycles. The van der Waals surface area contributed by atoms with Crippen LogP contribution in [0.25, 0.3) is 0 Å². The van der Waals surface area contributed by atoms with Crippen LogP contribution in [0.5, 0.6) is 0 Å². The van der Waals surface area contributed by atoms with Crippen molar-refractivity contribution in [3.63, 3.8) is 0 Å². The number of hydrogen-bond donors (Lipinski definition) is 2. The average molecular weight is 247 g/mol. The number of rotatable bonds is 4. The second-order valence-electron chi connectivity index (χ2n) is 5.05. The van der Waals surface area contributed by atoms with Gasteiger partial charge in [0.2, 0.25) is 5.91 Å². The molecule has 0 spiro atoms. The first-order valence-electron chi connectivity index (χ1n) is 6.62. The number of aromatic nitrogens is 1. The van der Waals surface area contributed by atoms with Gasteiger partial charge in [0.15, 0.2) is 0 Å². The minimum atomic E-state index is -0.155. The number of nitrogens with zero attached hydrogens (tertiary/aromatic N) is 1. The Kier molecular flexibility index (Phi) is 4.31. The van der Waals surface area contributed by atoms with Gasteiger partial charge in [0, 0.05) is 18.4 Å². The van der Waals surface area contributed by atoms with Crippen molar-refractivity contribution in [2.24, 2.45) is 11.7 Å². The lowest BCUT2D eigenvalue weighted by Gasteiger charge is -2.21. The van der Waals surface area contributed by atoms with Gasteiger partial charge in [-0.1, -0.05) is 12.5 Å². The van der Waals surface area contributed by atoms with Crippen molar-refractivity contribution in [3.8, 4) is 0 Å². The van der Waals surface area contributed by atoms with Crippen LogP contribution in [0.4, 0.5) is 0 Å². The molecule has 0 aromatic carbocycles. The van der Waals surface area contributed by atoms with E-state index >= 15 is 0 Å². The Hall–Kier alpha value is -1.42. The van der Waals surface area contributed by atoms with Crippen molar-refractivity contribution in [1.82, 2.24) is 10.3 Å². The molecule has 1 saturated carbocycles. The molecule has 1 aliphatic rings. The van der Waals surface area contributed by atoms with Crippen molar-refractivity contribution in [1.29, 1.82) is 0 Å². The van der Waals surface area contributed by atoms with E-state index in [0.29, 0.717) is 12.5 Å². The van der Waals surface area contributed by atoms with Crippen molar-refractivity contribution in [2.45, 2.75) is 38.1 Å². The van der Waals surface area contributed by atoms with Crippen molar-refractivity contribution >= 4 is 5.91 Å². The standard InChI is InChI=1S/C14H21N3O/c1-10(12-5-3-7-16-9-12)14(18)17-13-6-2-4-11(13)8-15/h3,5,7,9-11,13H,2,4,6,8,15H2,1H3,(H,17,18). The van der Waals surface area contributed by atoms with Crippen LogP contribution in [-0.2, 0) is 4.79 Å². The first kappa shape index (κ1) is 13.0. The SMILES string of the molecule is CC(C(=O)NC1CCCC1CN)c1cccnc1. The second-order valence-corrected chi connectivity index (χ2v) is 5.05. The molecule has 0 saturated heterocycles. The molecule has 4 heteroatoms. The molecule has 98 valence electrons. The van der Waals surface area contributed by atoms with Crippen LogP contribution < -0.4 is 11.1 Å². The quantitative estimate of drug-likeness (QED) is 0.845. The number of nitrogens with two attached hydrogens (primary N) is 1. The Bertz CT molecular complexity index is 393. The highest BCUT2D eigenvalue weighted by molar-refractivity contribution is 5.83. The number of pyridine rings is 1. The third-order valence-corrected chi connectivity index (χ3v) is 3.87. The number of nitrogens with one attached hydrogen (secondary N) is 1. The number of amides is 1. The molecule has 3 atom stereocenters. The van der Waals surface area contributed by atoms with Gasteiger partial charge in [0.25, 0.3) is 0 Å². The van der Waals surface area contributed by atoms with Crippen molar-refractivity contribution in [2.75, 3.05) is 6.54 Å². The summed E-state index contributed by atoms with van der Waals surface area (Å²) in [5.41, 5.74) is 6.68. The summed E-state index contributed by atoms with van der Waals surface area (Å²) in [4.78, 5) is 16.2. The summed E-state index contributed by atoms with van der Waals surface area (Å²) in [6.07, 6.45) is 6.80. The van der Waals surface area contributed by atoms with Gasteiger partial charge in [-0.25, -0.2) is 0 Å². The molecule has 1 aromatic heterocycles. The fraction of sp³-hybridized carbons (Fsp3) is 0.571. The molecule has 1 amide bonds. The van der Waals surface area contributed by atoms with Crippen molar-refractivity contribution in [3.05, 3.63) is 30.1 Å². The van der Waals surface area contributed by atoms with Gasteiger partial charge in [-0.05, 0) is 43.9 Å². The maximum Gasteiger partial charge on any atom is 0.227 e. The largest absolute Gasteiger partial charge is 0.353 e. The summed E-state index contributed by atoms with van der Waals surface area (Å²) >= 11 is 0. The van der Waals surface area contributed by atoms with Gasteiger partial charge >= 0.3 is 0 Å². The topological polar surface area (TPSA) is 68.0 Å². The van der Waals surface area contributed by atoms with E-state index in [1.54, 1.807) is 12.4 Å². The monoisotopic (exact) mass is 247 g/mol. The normalized spacial score (nSPS) is 24.8. The molecule has 2 rings (SSSR count). The summed E-state index contributed by atoms with van der Waals surface area (Å²) in [5.74, 6) is 0.362. The Labute approximate surface area is 108 Å². The number of carbonyl (C=O) groups excluding carboxylic acids is 1. The number of hydrogen-bond acceptors (Lipinski definition) is 3. The average Bonchev–Trinajstić information content (AvgIpc) is 2.86. The van der Waals surface area contributed by atoms with E-state index in [1.807, 2.05) is 19.1 Å². The minimum Gasteiger partial charge on any atom is -0.353 e. The van der Waals surface area contributed by atoms with E-state index < -0.39 is 0 Å². The van der Waals surface area contributed by atoms with Crippen LogP contribution in [0.2, 0.25) is 0 Å². The first-order valence-corrected chi connectivity index (χ1v) is 6.62. The summed E-state index contributed by atoms with van der Waals surface area (Å²) in [6.45, 7) is 2.57. The summed E-state index contributed by atoms with van der Waals surface area (Å²) < 4.78 is 0. The van der Waals surface area contributed by atoms with Gasteiger partial charge in [0.1, 0.15) is 0 Å². The smallest absolute Gasteiger partial charge is 0.227 e. The number of carbonyl (C=O) groups is 1. The molecule has 1 aromatic rings. The second kappa shape index (κ2) is 5.96. The van der Waals surface area contributed by atoms with E-state index in [2.05, 4.69) is 10.3 Å². The fourth-order valence-electron chi connectivity index (χ4n) is 2.60. The van der Waals surface area contributed by atoms with Gasteiger partial charge in [0.05, 0.1) is 5.92 Å². The van der Waals surface area contributed by atoms with Crippen molar-refractivity contribution < 1.29 is 4.79 Å². The lowest BCUT2D eigenvalue weighted by Crippen LogP contribution is -2.41. The lowest BCUT2D eigenvalue weighted by molar-refractivity contribution is -0.123. The fourth-order valence-corrected chi connectivity index (χ4v) is 2.60. The van der Waals surface area contributed by atoms with Crippen LogP contribution in [0.15, 0.2) is 24.5 Å². The first-order chi connectivity index (χ1) is 8.72. The maximum atomic E-state index is 12.2. The molecule has 1 heterocycles. The molecule has 18 heavy (non-hydrogen) atoms. The predicted molar refractivity (Wildman–Crippen MR) is 71.0 cm³/mol. The molecule has 0 bridgehead atoms. The molecule has 3 unspecified atom stereocenters. The highest BCUT2D eigenvalue weighted by Crippen LogP contribution is 2.25. The third-order valence-electron chi connectivity index (χ3n) is 3.87. The summed E-state index contributed by atoms with van der Waals surface area (Å²) in [7, 11) is 0. The van der Waals surface area contributed by atoms with Crippen LogP contribution >= 0.6 is 0 Å². The predicted octanol–water partition coefficient (Wildman–Crippen LogP) is 1.43. The summed E-state index contributed by atoms with van der Waals surface area (Å²) in [5, 5.41) is 3.13. The summed E-state index contributed by atoms with van der Waals surface area (Å²) in [6, 6.07) is 4.05. The van der Waals surface area contributed by atoms with Crippen LogP contribution in [0.1, 0.15) is 37.7 Å². The van der Waals surface area contributed by atoms with E-state index in [9.17, 15) is 4.79 Å². The van der Waals surface area contributed by atoms with Gasteiger partial charge in [-0.15, -0.1) is 0 Å². The van der Waals surface area contributed by atoms with E-state index in [0.717, 1.165) is 24.8 Å². The minimum absolute atomic E-state index is 0.0772. The van der Waals surface area contributed by atoms with Gasteiger partial charge < -0.3 is 11.1 Å². The van der Waals surface area contributed by atoms with Gasteiger partial charge in [-0.2, -0.15) is 0 Å². The zero-order chi connectivity index (χ0) is 13.0. The highest BCUT2D eigenvalue weighted by atomic mass is 16.1. The molecular formula is C14H21N3O. The van der Waals surface area contributed by atoms with Crippen LogP contribution in [-0.4, -0.2) is 23.5 Å². The molecule has 3 N–H and O–H groups in total. The molecular weight excluding hydrogens is 226 g/mol. The van der Waals surface area contributed by atoms with E-state index in [1.165, 1.54) is 0 Å². The highest BCUT2D eigenvalue weighted by Gasteiger charge is 2.28. The maximum absolute atomic E-state index is 12.2. The lowest BCUT2D eigenvalue weighted by atomic mass is 9.99. The van der Waals surface area contributed by atoms with Crippen LogP contribution in [0, 0.1) is 5.92 Å². The Morgan fingerprint density at radius 2 is 2.44 bits per heavy atom. The molecule has 1 aliphatic carbocycles. The zero-order valence-corrected chi connectivity index (χ0v) is 10.8. The Morgan fingerprint density at radius 1 is 1.61 bits per heavy atom. The van der Waals surface area contributed by atoms with Crippen LogP contribution in [0.3, 0.4) is 0 Å². The van der Waals surface area contributed by atoms with E-state index in [4.69, 9.17) is 5.73 Å². The molecule has 0 radical (unpaired) electrons. The van der Waals surface area contributed by atoms with E-state index in [-0.39, 0.29) is 17.9 Å². The molecule has 1 fully saturated rings. The Balaban J connectivity index is 1.95. The Morgan fingerprint density at radius 3 is 3.11 bits per heavy atom. The zero-order valence-electron chi connectivity index (χ0n) is 10.8. The molecule has 4 nitrogen and oxygen atoms in total. The third kappa shape index (κ3) is 2.88. The van der Waals surface area contributed by atoms with Gasteiger partial charge in [-0.3, -0.25) is 9.78 Å².